The summed E-state index contributed by atoms with van der Waals surface area (Å²) >= 11 is 0. The van der Waals surface area contributed by atoms with E-state index < -0.39 is 0 Å². The fourth-order valence-corrected chi connectivity index (χ4v) is 1.05. The molecule has 0 heterocycles. The minimum Gasteiger partial charge on any atom is -0.453 e. The van der Waals surface area contributed by atoms with E-state index in [4.69, 9.17) is 21.5 Å². The van der Waals surface area contributed by atoms with Crippen molar-refractivity contribution in [2.45, 2.75) is 12.8 Å². The lowest BCUT2D eigenvalue weighted by Gasteiger charge is -2.10. The Morgan fingerprint density at radius 1 is 1.39 bits per heavy atom. The maximum atomic E-state index is 8.53. The Morgan fingerprint density at radius 2 is 2.17 bits per heavy atom. The van der Waals surface area contributed by atoms with Crippen LogP contribution in [-0.2, 0) is 9.36 Å². The predicted molar refractivity (Wildman–Crippen MR) is 69.1 cm³/mol. The van der Waals surface area contributed by atoms with Crippen molar-refractivity contribution in [3.05, 3.63) is 11.8 Å². The predicted octanol–water partition coefficient (Wildman–Crippen LogP) is -0.995. The number of hydroxylamine groups is 1. The number of allylic oxidation sites excluding steroid dienone is 1. The van der Waals surface area contributed by atoms with Crippen LogP contribution in [0.5, 0.6) is 0 Å². The standard InChI is InChI=1S/C9H18N5O3Si/c10-4-1-3-8(13-16-6-2-5-11)9(7-12-15)14-17-18/h3,7,13,15H,1-2,4-6,10-11H2. The second kappa shape index (κ2) is 12.0. The molecule has 0 aromatic rings. The maximum Gasteiger partial charge on any atom is 0.387 e. The van der Waals surface area contributed by atoms with Crippen LogP contribution in [0.15, 0.2) is 22.1 Å². The quantitative estimate of drug-likeness (QED) is 0.133. The van der Waals surface area contributed by atoms with Crippen LogP contribution in [0, 0.1) is 0 Å². The van der Waals surface area contributed by atoms with Gasteiger partial charge >= 0.3 is 10.5 Å². The second-order valence-electron chi connectivity index (χ2n) is 3.10. The van der Waals surface area contributed by atoms with Crippen LogP contribution in [0.1, 0.15) is 12.8 Å². The van der Waals surface area contributed by atoms with Crippen LogP contribution in [0.2, 0.25) is 0 Å². The smallest absolute Gasteiger partial charge is 0.387 e. The van der Waals surface area contributed by atoms with Crippen molar-refractivity contribution >= 4 is 22.4 Å². The van der Waals surface area contributed by atoms with Gasteiger partial charge in [0.1, 0.15) is 5.71 Å². The van der Waals surface area contributed by atoms with Gasteiger partial charge < -0.3 is 21.2 Å². The van der Waals surface area contributed by atoms with Gasteiger partial charge in [0, 0.05) is 0 Å². The van der Waals surface area contributed by atoms with Gasteiger partial charge in [-0.05, 0) is 25.9 Å². The maximum absolute atomic E-state index is 8.53. The summed E-state index contributed by atoms with van der Waals surface area (Å²) in [5.41, 5.74) is 14.1. The van der Waals surface area contributed by atoms with Crippen LogP contribution in [0.25, 0.3) is 0 Å². The number of nitrogens with two attached hydrogens (primary N) is 2. The summed E-state index contributed by atoms with van der Waals surface area (Å²) in [7, 11) is 2.73. The van der Waals surface area contributed by atoms with Crippen LogP contribution >= 0.6 is 0 Å². The third kappa shape index (κ3) is 7.79. The first-order valence-corrected chi connectivity index (χ1v) is 5.77. The number of hydrogen-bond donors (Lipinski definition) is 4. The molecule has 0 amide bonds. The number of nitrogens with one attached hydrogen (secondary N) is 1. The Kier molecular flexibility index (Phi) is 11.1. The average molecular weight is 272 g/mol. The van der Waals surface area contributed by atoms with Gasteiger partial charge in [-0.2, -0.15) is 0 Å². The Labute approximate surface area is 109 Å². The molecule has 0 aromatic carbocycles. The average Bonchev–Trinajstić information content (AvgIpc) is 2.38. The summed E-state index contributed by atoms with van der Waals surface area (Å²) in [6.07, 6.45) is 4.16. The van der Waals surface area contributed by atoms with E-state index >= 15 is 0 Å². The zero-order chi connectivity index (χ0) is 13.6. The summed E-state index contributed by atoms with van der Waals surface area (Å²) in [5.74, 6) is 0. The van der Waals surface area contributed by atoms with Crippen molar-refractivity contribution in [3.63, 3.8) is 0 Å². The molecule has 0 unspecified atom stereocenters. The lowest BCUT2D eigenvalue weighted by atomic mass is 10.2. The second-order valence-corrected chi connectivity index (χ2v) is 3.28. The van der Waals surface area contributed by atoms with Gasteiger partial charge in [-0.3, -0.25) is 10.3 Å². The van der Waals surface area contributed by atoms with E-state index in [1.54, 1.807) is 6.08 Å². The summed E-state index contributed by atoms with van der Waals surface area (Å²) in [4.78, 5) is 5.17. The van der Waals surface area contributed by atoms with Gasteiger partial charge in [0.25, 0.3) is 0 Å². The summed E-state index contributed by atoms with van der Waals surface area (Å²) < 4.78 is 4.45. The van der Waals surface area contributed by atoms with Crippen molar-refractivity contribution in [3.8, 4) is 0 Å². The van der Waals surface area contributed by atoms with E-state index in [9.17, 15) is 0 Å². The highest BCUT2D eigenvalue weighted by molar-refractivity contribution is 6.37. The molecule has 18 heavy (non-hydrogen) atoms. The third-order valence-electron chi connectivity index (χ3n) is 1.75. The molecule has 6 N–H and O–H groups in total. The Hall–Kier alpha value is -1.42. The highest BCUT2D eigenvalue weighted by Crippen LogP contribution is 1.97. The van der Waals surface area contributed by atoms with Crippen molar-refractivity contribution in [2.24, 2.45) is 21.8 Å². The van der Waals surface area contributed by atoms with E-state index in [-0.39, 0.29) is 5.71 Å². The van der Waals surface area contributed by atoms with Gasteiger partial charge in [0.15, 0.2) is 0 Å². The van der Waals surface area contributed by atoms with Crippen LogP contribution in [0.4, 0.5) is 0 Å². The number of oxime groups is 2. The number of nitrogens with zero attached hydrogens (tertiary/aromatic N) is 2. The molecule has 0 fully saturated rings. The molecule has 0 saturated carbocycles. The zero-order valence-corrected chi connectivity index (χ0v) is 11.0. The molecule has 0 spiro atoms. The highest BCUT2D eigenvalue weighted by Gasteiger charge is 2.06. The SMILES string of the molecule is NCCC=C(NOCCCN)C(C=NO)=NO[Si]. The molecule has 0 bridgehead atoms. The Morgan fingerprint density at radius 3 is 2.72 bits per heavy atom. The van der Waals surface area contributed by atoms with Crippen LogP contribution in [-0.4, -0.2) is 47.3 Å². The third-order valence-corrected chi connectivity index (χ3v) is 1.84. The molecule has 0 aliphatic rings. The molecule has 0 aliphatic carbocycles. The first-order chi connectivity index (χ1) is 8.79. The molecule has 0 aromatic heterocycles. The summed E-state index contributed by atoms with van der Waals surface area (Å²) in [6, 6.07) is 0. The number of rotatable bonds is 10. The molecular formula is C9H18N5O3Si. The number of hydrogen-bond acceptors (Lipinski definition) is 8. The minimum absolute atomic E-state index is 0.244. The molecule has 8 nitrogen and oxygen atoms in total. The molecule has 9 heteroatoms. The highest BCUT2D eigenvalue weighted by atomic mass is 28.2. The van der Waals surface area contributed by atoms with Crippen molar-refractivity contribution in [1.29, 1.82) is 0 Å². The normalized spacial score (nSPS) is 13.1. The summed E-state index contributed by atoms with van der Waals surface area (Å²) in [5, 5.41) is 15.0. The Bertz CT molecular complexity index is 296. The molecule has 0 atom stereocenters. The van der Waals surface area contributed by atoms with Gasteiger partial charge in [-0.1, -0.05) is 16.4 Å². The molecule has 0 aliphatic heterocycles. The van der Waals surface area contributed by atoms with Crippen LogP contribution in [0.3, 0.4) is 0 Å². The first kappa shape index (κ1) is 16.6. The molecule has 0 rings (SSSR count). The van der Waals surface area contributed by atoms with Crippen molar-refractivity contribution < 1.29 is 14.6 Å². The van der Waals surface area contributed by atoms with E-state index in [0.717, 1.165) is 6.21 Å². The van der Waals surface area contributed by atoms with Gasteiger partial charge in [-0.25, -0.2) is 0 Å². The van der Waals surface area contributed by atoms with Gasteiger partial charge in [-0.15, -0.1) is 0 Å². The molecule has 101 valence electrons. The van der Waals surface area contributed by atoms with Gasteiger partial charge in [0.2, 0.25) is 0 Å². The topological polar surface area (TPSA) is 127 Å². The lowest BCUT2D eigenvalue weighted by molar-refractivity contribution is 0.0659. The van der Waals surface area contributed by atoms with E-state index in [2.05, 4.69) is 30.8 Å². The van der Waals surface area contributed by atoms with Gasteiger partial charge in [0.05, 0.1) is 18.5 Å². The largest absolute Gasteiger partial charge is 0.453 e. The monoisotopic (exact) mass is 272 g/mol. The fraction of sp³-hybridized carbons (Fsp3) is 0.556. The minimum atomic E-state index is 0.244. The first-order valence-electron chi connectivity index (χ1n) is 5.36. The zero-order valence-electron chi connectivity index (χ0n) is 10.0. The fourth-order valence-electron chi connectivity index (χ4n) is 0.957. The Balaban J connectivity index is 4.58. The molecular weight excluding hydrogens is 254 g/mol. The van der Waals surface area contributed by atoms with Crippen molar-refractivity contribution in [1.82, 2.24) is 5.48 Å². The van der Waals surface area contributed by atoms with E-state index in [0.29, 0.717) is 38.2 Å². The van der Waals surface area contributed by atoms with E-state index in [1.165, 1.54) is 0 Å². The molecule has 3 radical (unpaired) electrons. The van der Waals surface area contributed by atoms with E-state index in [1.807, 2.05) is 0 Å². The summed E-state index contributed by atoms with van der Waals surface area (Å²) in [6.45, 7) is 1.44. The van der Waals surface area contributed by atoms with Crippen LogP contribution < -0.4 is 16.9 Å². The van der Waals surface area contributed by atoms with Crippen molar-refractivity contribution in [2.75, 3.05) is 19.7 Å². The molecule has 0 saturated heterocycles. The lowest BCUT2D eigenvalue weighted by Crippen LogP contribution is -2.24.